The molecule has 1 aromatic carbocycles. The van der Waals surface area contributed by atoms with Crippen LogP contribution in [0, 0.1) is 0 Å². The Hall–Kier alpha value is -1.40. The predicted octanol–water partition coefficient (Wildman–Crippen LogP) is 1.98. The van der Waals surface area contributed by atoms with E-state index in [-0.39, 0.29) is 12.5 Å². The highest BCUT2D eigenvalue weighted by Gasteiger charge is 2.36. The van der Waals surface area contributed by atoms with E-state index in [2.05, 4.69) is 21.2 Å². The molecular weight excluding hydrogens is 348 g/mol. The number of piperazine rings is 1. The lowest BCUT2D eigenvalue weighted by atomic mass is 10.1. The van der Waals surface area contributed by atoms with Crippen LogP contribution in [0.4, 0.5) is 0 Å². The molecular formula is C13H12BrClN2O3. The summed E-state index contributed by atoms with van der Waals surface area (Å²) in [5.74, 6) is -1.29. The van der Waals surface area contributed by atoms with Gasteiger partial charge in [-0.05, 0) is 40.5 Å². The summed E-state index contributed by atoms with van der Waals surface area (Å²) in [6, 6.07) is 4.12. The van der Waals surface area contributed by atoms with E-state index in [1.807, 2.05) is 0 Å². The van der Waals surface area contributed by atoms with Gasteiger partial charge in [-0.25, -0.2) is 0 Å². The quantitative estimate of drug-likeness (QED) is 0.821. The molecule has 5 nitrogen and oxygen atoms in total. The van der Waals surface area contributed by atoms with Gasteiger partial charge in [0.1, 0.15) is 12.6 Å². The Bertz CT molecular complexity index is 591. The minimum absolute atomic E-state index is 0.127. The van der Waals surface area contributed by atoms with Crippen LogP contribution in [0.5, 0.6) is 0 Å². The zero-order chi connectivity index (χ0) is 14.9. The van der Waals surface area contributed by atoms with Crippen molar-refractivity contribution >= 4 is 45.3 Å². The first-order chi connectivity index (χ1) is 9.43. The molecule has 20 heavy (non-hydrogen) atoms. The van der Waals surface area contributed by atoms with Crippen molar-refractivity contribution in [2.45, 2.75) is 19.4 Å². The normalized spacial score (nSPS) is 18.9. The van der Waals surface area contributed by atoms with Gasteiger partial charge in [0.25, 0.3) is 5.91 Å². The lowest BCUT2D eigenvalue weighted by molar-refractivity contribution is -0.138. The zero-order valence-corrected chi connectivity index (χ0v) is 13.0. The Morgan fingerprint density at radius 3 is 2.80 bits per heavy atom. The van der Waals surface area contributed by atoms with Crippen LogP contribution >= 0.6 is 27.5 Å². The van der Waals surface area contributed by atoms with Gasteiger partial charge in [0, 0.05) is 9.50 Å². The van der Waals surface area contributed by atoms with Crippen LogP contribution in [0.2, 0.25) is 5.02 Å². The fourth-order valence-electron chi connectivity index (χ4n) is 2.10. The molecule has 1 aliphatic rings. The molecule has 0 spiro atoms. The highest BCUT2D eigenvalue weighted by molar-refractivity contribution is 9.10. The van der Waals surface area contributed by atoms with E-state index >= 15 is 0 Å². The fourth-order valence-corrected chi connectivity index (χ4v) is 2.96. The van der Waals surface area contributed by atoms with E-state index in [0.29, 0.717) is 21.5 Å². The summed E-state index contributed by atoms with van der Waals surface area (Å²) < 4.78 is 0.531. The molecule has 0 saturated carbocycles. The van der Waals surface area contributed by atoms with Crippen molar-refractivity contribution in [3.05, 3.63) is 33.3 Å². The predicted molar refractivity (Wildman–Crippen MR) is 77.4 cm³/mol. The van der Waals surface area contributed by atoms with Crippen molar-refractivity contribution in [2.24, 2.45) is 0 Å². The van der Waals surface area contributed by atoms with Gasteiger partial charge in [0.05, 0.1) is 5.56 Å². The summed E-state index contributed by atoms with van der Waals surface area (Å²) >= 11 is 9.11. The van der Waals surface area contributed by atoms with E-state index in [0.717, 1.165) is 0 Å². The van der Waals surface area contributed by atoms with E-state index in [9.17, 15) is 14.4 Å². The van der Waals surface area contributed by atoms with Gasteiger partial charge in [0.15, 0.2) is 0 Å². The zero-order valence-electron chi connectivity index (χ0n) is 10.7. The Kier molecular flexibility index (Phi) is 4.45. The molecule has 0 bridgehead atoms. The van der Waals surface area contributed by atoms with Crippen LogP contribution in [-0.4, -0.2) is 35.2 Å². The molecule has 0 aliphatic carbocycles. The number of carbonyl (C=O) groups excluding carboxylic acids is 3. The number of rotatable bonds is 2. The molecule has 7 heteroatoms. The molecule has 1 aliphatic heterocycles. The highest BCUT2D eigenvalue weighted by atomic mass is 79.9. The van der Waals surface area contributed by atoms with Gasteiger partial charge in [-0.15, -0.1) is 0 Å². The summed E-state index contributed by atoms with van der Waals surface area (Å²) in [5, 5.41) is 2.73. The number of imide groups is 1. The van der Waals surface area contributed by atoms with E-state index in [1.165, 1.54) is 4.90 Å². The second-order valence-electron chi connectivity index (χ2n) is 4.39. The van der Waals surface area contributed by atoms with Gasteiger partial charge in [-0.1, -0.05) is 18.5 Å². The summed E-state index contributed by atoms with van der Waals surface area (Å²) in [6.45, 7) is 1.66. The number of benzene rings is 1. The van der Waals surface area contributed by atoms with Crippen LogP contribution in [-0.2, 0) is 9.59 Å². The number of amides is 3. The molecule has 106 valence electrons. The van der Waals surface area contributed by atoms with E-state index < -0.39 is 17.9 Å². The summed E-state index contributed by atoms with van der Waals surface area (Å²) in [4.78, 5) is 37.0. The third kappa shape index (κ3) is 2.86. The van der Waals surface area contributed by atoms with Crippen LogP contribution in [0.1, 0.15) is 23.7 Å². The number of nitrogens with zero attached hydrogens (tertiary/aromatic N) is 1. The minimum Gasteiger partial charge on any atom is -0.317 e. The number of nitrogens with one attached hydrogen (secondary N) is 1. The molecule has 1 atom stereocenters. The van der Waals surface area contributed by atoms with Crippen LogP contribution in [0.3, 0.4) is 0 Å². The third-order valence-corrected chi connectivity index (χ3v) is 3.96. The van der Waals surface area contributed by atoms with Crippen molar-refractivity contribution in [3.8, 4) is 0 Å². The molecule has 1 fully saturated rings. The highest BCUT2D eigenvalue weighted by Crippen LogP contribution is 2.24. The van der Waals surface area contributed by atoms with Crippen LogP contribution in [0.25, 0.3) is 0 Å². The lowest BCUT2D eigenvalue weighted by Gasteiger charge is -2.33. The Balaban J connectivity index is 2.34. The van der Waals surface area contributed by atoms with Crippen LogP contribution in [0.15, 0.2) is 22.7 Å². The maximum absolute atomic E-state index is 12.5. The minimum atomic E-state index is -0.636. The van der Waals surface area contributed by atoms with Crippen molar-refractivity contribution in [3.63, 3.8) is 0 Å². The first kappa shape index (κ1) is 15.0. The molecule has 1 heterocycles. The van der Waals surface area contributed by atoms with Crippen molar-refractivity contribution in [1.82, 2.24) is 10.2 Å². The second-order valence-corrected chi connectivity index (χ2v) is 5.68. The van der Waals surface area contributed by atoms with Gasteiger partial charge < -0.3 is 4.90 Å². The van der Waals surface area contributed by atoms with Crippen molar-refractivity contribution in [1.29, 1.82) is 0 Å². The Morgan fingerprint density at radius 1 is 1.50 bits per heavy atom. The molecule has 1 unspecified atom stereocenters. The number of carbonyl (C=O) groups is 3. The molecule has 1 aromatic rings. The molecule has 3 amide bonds. The van der Waals surface area contributed by atoms with Gasteiger partial charge in [-0.3, -0.25) is 19.7 Å². The van der Waals surface area contributed by atoms with E-state index in [1.54, 1.807) is 25.1 Å². The number of hydrogen-bond acceptors (Lipinski definition) is 3. The van der Waals surface area contributed by atoms with Crippen LogP contribution < -0.4 is 5.32 Å². The molecule has 1 saturated heterocycles. The lowest BCUT2D eigenvalue weighted by Crippen LogP contribution is -2.59. The third-order valence-electron chi connectivity index (χ3n) is 3.06. The van der Waals surface area contributed by atoms with Crippen molar-refractivity contribution in [2.75, 3.05) is 6.54 Å². The van der Waals surface area contributed by atoms with Gasteiger partial charge >= 0.3 is 0 Å². The van der Waals surface area contributed by atoms with Crippen molar-refractivity contribution < 1.29 is 14.4 Å². The maximum atomic E-state index is 12.5. The van der Waals surface area contributed by atoms with Gasteiger partial charge in [-0.2, -0.15) is 0 Å². The molecule has 2 rings (SSSR count). The summed E-state index contributed by atoms with van der Waals surface area (Å²) in [7, 11) is 0. The first-order valence-corrected chi connectivity index (χ1v) is 7.20. The maximum Gasteiger partial charge on any atom is 0.256 e. The molecule has 0 radical (unpaired) electrons. The van der Waals surface area contributed by atoms with Gasteiger partial charge in [0.2, 0.25) is 11.8 Å². The average Bonchev–Trinajstić information content (AvgIpc) is 2.37. The summed E-state index contributed by atoms with van der Waals surface area (Å²) in [5.41, 5.74) is 0.371. The Morgan fingerprint density at radius 2 is 2.20 bits per heavy atom. The second kappa shape index (κ2) is 5.93. The van der Waals surface area contributed by atoms with E-state index in [4.69, 9.17) is 11.6 Å². The standard InChI is InChI=1S/C13H12BrClN2O3/c1-2-10-12(19)16-11(18)6-17(10)13(20)8-4-3-7(15)5-9(8)14/h3-5,10H,2,6H2,1H3,(H,16,18,19). The number of halogens is 2. The molecule has 0 aromatic heterocycles. The molecule has 1 N–H and O–H groups in total. The fraction of sp³-hybridized carbons (Fsp3) is 0.308. The smallest absolute Gasteiger partial charge is 0.256 e. The Labute approximate surface area is 129 Å². The monoisotopic (exact) mass is 358 g/mol. The topological polar surface area (TPSA) is 66.5 Å². The largest absolute Gasteiger partial charge is 0.317 e. The SMILES string of the molecule is CCC1C(=O)NC(=O)CN1C(=O)c1ccc(Cl)cc1Br. The summed E-state index contributed by atoms with van der Waals surface area (Å²) in [6.07, 6.45) is 0.441. The first-order valence-electron chi connectivity index (χ1n) is 6.03. The average molecular weight is 360 g/mol. The number of hydrogen-bond donors (Lipinski definition) is 1.